The molecule has 0 amide bonds. The van der Waals surface area contributed by atoms with Crippen molar-refractivity contribution in [1.82, 2.24) is 9.97 Å². The second-order valence-electron chi connectivity index (χ2n) is 1.91. The summed E-state index contributed by atoms with van der Waals surface area (Å²) in [5.41, 5.74) is 5.39. The van der Waals surface area contributed by atoms with E-state index in [1.54, 1.807) is 17.9 Å². The lowest BCUT2D eigenvalue weighted by Crippen LogP contribution is -2.00. The third-order valence-corrected chi connectivity index (χ3v) is 2.12. The van der Waals surface area contributed by atoms with Gasteiger partial charge in [0.15, 0.2) is 0 Å². The van der Waals surface area contributed by atoms with Crippen LogP contribution >= 0.6 is 24.0 Å². The van der Waals surface area contributed by atoms with Gasteiger partial charge < -0.3 is 11.1 Å². The molecule has 1 aromatic heterocycles. The maximum atomic E-state index is 5.39. The molecule has 0 unspecified atom stereocenters. The third-order valence-electron chi connectivity index (χ3n) is 1.19. The summed E-state index contributed by atoms with van der Waals surface area (Å²) in [6, 6.07) is 0. The van der Waals surface area contributed by atoms with Crippen LogP contribution in [0, 0.1) is 0 Å². The third kappa shape index (κ3) is 2.05. The largest absolute Gasteiger partial charge is 0.372 e. The molecule has 1 heterocycles. The van der Waals surface area contributed by atoms with E-state index in [2.05, 4.69) is 15.3 Å². The van der Waals surface area contributed by atoms with Gasteiger partial charge in [-0.25, -0.2) is 4.98 Å². The van der Waals surface area contributed by atoms with Gasteiger partial charge in [0.2, 0.25) is 5.95 Å². The van der Waals surface area contributed by atoms with Crippen LogP contribution in [0.15, 0.2) is 11.1 Å². The van der Waals surface area contributed by atoms with E-state index in [1.807, 2.05) is 0 Å². The van der Waals surface area contributed by atoms with E-state index in [9.17, 15) is 0 Å². The topological polar surface area (TPSA) is 63.8 Å². The minimum absolute atomic E-state index is 0.257. The Balaban J connectivity index is 3.01. The first-order valence-corrected chi connectivity index (χ1v) is 4.53. The normalized spacial score (nSPS) is 9.42. The molecule has 0 saturated heterocycles. The Kier molecular flexibility index (Phi) is 3.24. The van der Waals surface area contributed by atoms with Gasteiger partial charge in [0.1, 0.15) is 5.82 Å². The maximum absolute atomic E-state index is 5.39. The van der Waals surface area contributed by atoms with Crippen molar-refractivity contribution < 1.29 is 0 Å². The summed E-state index contributed by atoms with van der Waals surface area (Å²) in [6.07, 6.45) is 1.64. The summed E-state index contributed by atoms with van der Waals surface area (Å²) in [5, 5.41) is 2.90. The Morgan fingerprint density at radius 3 is 3.08 bits per heavy atom. The van der Waals surface area contributed by atoms with Crippen molar-refractivity contribution in [2.75, 3.05) is 18.1 Å². The van der Waals surface area contributed by atoms with Gasteiger partial charge in [-0.05, 0) is 0 Å². The fourth-order valence-corrected chi connectivity index (χ4v) is 1.49. The SMILES string of the molecule is CNc1nc(N)ncc1SC=S. The van der Waals surface area contributed by atoms with E-state index in [0.717, 1.165) is 4.90 Å². The van der Waals surface area contributed by atoms with Gasteiger partial charge in [-0.3, -0.25) is 0 Å². The molecule has 0 spiro atoms. The van der Waals surface area contributed by atoms with Crippen molar-refractivity contribution in [3.05, 3.63) is 6.20 Å². The van der Waals surface area contributed by atoms with Crippen molar-refractivity contribution in [2.24, 2.45) is 0 Å². The van der Waals surface area contributed by atoms with Gasteiger partial charge in [0.05, 0.1) is 4.90 Å². The number of nitrogen functional groups attached to an aromatic ring is 1. The summed E-state index contributed by atoms with van der Waals surface area (Å²) < 4.78 is 1.55. The van der Waals surface area contributed by atoms with E-state index >= 15 is 0 Å². The van der Waals surface area contributed by atoms with E-state index < -0.39 is 0 Å². The Bertz CT molecular complexity index is 289. The summed E-state index contributed by atoms with van der Waals surface area (Å²) in [6.45, 7) is 0. The predicted molar refractivity (Wildman–Crippen MR) is 55.5 cm³/mol. The fraction of sp³-hybridized carbons (Fsp3) is 0.167. The van der Waals surface area contributed by atoms with Crippen LogP contribution in [-0.4, -0.2) is 21.7 Å². The van der Waals surface area contributed by atoms with Crippen LogP contribution in [0.3, 0.4) is 0 Å². The molecule has 0 radical (unpaired) electrons. The predicted octanol–water partition coefficient (Wildman–Crippen LogP) is 1.15. The molecule has 64 valence electrons. The summed E-state index contributed by atoms with van der Waals surface area (Å²) in [7, 11) is 1.77. The first kappa shape index (κ1) is 9.21. The molecule has 4 nitrogen and oxygen atoms in total. The number of hydrogen-bond donors (Lipinski definition) is 2. The number of hydrogen-bond acceptors (Lipinski definition) is 6. The highest BCUT2D eigenvalue weighted by molar-refractivity contribution is 8.20. The molecule has 0 fully saturated rings. The monoisotopic (exact) mass is 200 g/mol. The van der Waals surface area contributed by atoms with E-state index in [0.29, 0.717) is 5.82 Å². The highest BCUT2D eigenvalue weighted by atomic mass is 32.2. The second kappa shape index (κ2) is 4.22. The molecule has 1 aromatic rings. The first-order chi connectivity index (χ1) is 5.77. The zero-order chi connectivity index (χ0) is 8.97. The molecular formula is C6H8N4S2. The Morgan fingerprint density at radius 1 is 1.75 bits per heavy atom. The molecule has 0 bridgehead atoms. The van der Waals surface area contributed by atoms with Crippen molar-refractivity contribution in [3.8, 4) is 0 Å². The lowest BCUT2D eigenvalue weighted by molar-refractivity contribution is 1.11. The van der Waals surface area contributed by atoms with Gasteiger partial charge in [0.25, 0.3) is 0 Å². The lowest BCUT2D eigenvalue weighted by atomic mass is 10.6. The second-order valence-corrected chi connectivity index (χ2v) is 3.35. The number of nitrogens with one attached hydrogen (secondary N) is 1. The number of thiocarbonyl (C=S) groups is 1. The standard InChI is InChI=1S/C6H8N4S2/c1-8-5-4(12-3-11)2-9-6(7)10-5/h2-3H,1H3,(H3,7,8,9,10). The van der Waals surface area contributed by atoms with Crippen LogP contribution in [0.5, 0.6) is 0 Å². The lowest BCUT2D eigenvalue weighted by Gasteiger charge is -2.04. The molecule has 0 aliphatic rings. The van der Waals surface area contributed by atoms with Gasteiger partial charge in [-0.1, -0.05) is 24.0 Å². The molecule has 1 rings (SSSR count). The van der Waals surface area contributed by atoms with Crippen LogP contribution in [0.1, 0.15) is 0 Å². The van der Waals surface area contributed by atoms with Gasteiger partial charge in [0, 0.05) is 17.9 Å². The average molecular weight is 200 g/mol. The fourth-order valence-electron chi connectivity index (χ4n) is 0.702. The summed E-state index contributed by atoms with van der Waals surface area (Å²) in [5.74, 6) is 0.960. The van der Waals surface area contributed by atoms with Crippen LogP contribution in [0.4, 0.5) is 11.8 Å². The molecular weight excluding hydrogens is 192 g/mol. The highest BCUT2D eigenvalue weighted by Gasteiger charge is 2.02. The molecule has 0 saturated carbocycles. The van der Waals surface area contributed by atoms with E-state index in [-0.39, 0.29) is 5.95 Å². The average Bonchev–Trinajstić information content (AvgIpc) is 2.08. The quantitative estimate of drug-likeness (QED) is 0.563. The number of rotatable bonds is 3. The van der Waals surface area contributed by atoms with Crippen molar-refractivity contribution in [1.29, 1.82) is 0 Å². The van der Waals surface area contributed by atoms with Crippen LogP contribution in [0.2, 0.25) is 0 Å². The number of nitrogens with zero attached hydrogens (tertiary/aromatic N) is 2. The smallest absolute Gasteiger partial charge is 0.221 e. The zero-order valence-electron chi connectivity index (χ0n) is 6.44. The van der Waals surface area contributed by atoms with Crippen LogP contribution < -0.4 is 11.1 Å². The van der Waals surface area contributed by atoms with Crippen LogP contribution in [-0.2, 0) is 0 Å². The zero-order valence-corrected chi connectivity index (χ0v) is 8.08. The molecule has 6 heteroatoms. The molecule has 0 aromatic carbocycles. The number of aromatic nitrogens is 2. The Morgan fingerprint density at radius 2 is 2.50 bits per heavy atom. The minimum atomic E-state index is 0.257. The van der Waals surface area contributed by atoms with Crippen molar-refractivity contribution >= 4 is 40.4 Å². The number of nitrogens with two attached hydrogens (primary N) is 1. The highest BCUT2D eigenvalue weighted by Crippen LogP contribution is 2.22. The van der Waals surface area contributed by atoms with E-state index in [1.165, 1.54) is 11.8 Å². The van der Waals surface area contributed by atoms with Gasteiger partial charge in [-0.15, -0.1) is 0 Å². The number of anilines is 2. The molecule has 0 aliphatic heterocycles. The van der Waals surface area contributed by atoms with E-state index in [4.69, 9.17) is 18.0 Å². The Hall–Kier alpha value is -0.880. The molecule has 3 N–H and O–H groups in total. The first-order valence-electron chi connectivity index (χ1n) is 3.18. The number of thioether (sulfide) groups is 1. The molecule has 0 atom stereocenters. The van der Waals surface area contributed by atoms with Crippen molar-refractivity contribution in [2.45, 2.75) is 4.90 Å². The summed E-state index contributed by atoms with van der Waals surface area (Å²) in [4.78, 5) is 8.70. The molecule has 0 aliphatic carbocycles. The molecule has 12 heavy (non-hydrogen) atoms. The minimum Gasteiger partial charge on any atom is -0.372 e. The Labute approximate surface area is 80.0 Å². The van der Waals surface area contributed by atoms with Gasteiger partial charge >= 0.3 is 0 Å². The van der Waals surface area contributed by atoms with Gasteiger partial charge in [-0.2, -0.15) is 4.98 Å². The van der Waals surface area contributed by atoms with Crippen LogP contribution in [0.25, 0.3) is 0 Å². The van der Waals surface area contributed by atoms with Crippen molar-refractivity contribution in [3.63, 3.8) is 0 Å². The summed E-state index contributed by atoms with van der Waals surface area (Å²) >= 11 is 6.08. The maximum Gasteiger partial charge on any atom is 0.221 e.